The van der Waals surface area contributed by atoms with Crippen LogP contribution in [0.5, 0.6) is 17.2 Å². The van der Waals surface area contributed by atoms with Gasteiger partial charge in [0.2, 0.25) is 0 Å². The first kappa shape index (κ1) is 14.0. The molecule has 5 heteroatoms. The van der Waals surface area contributed by atoms with Crippen molar-refractivity contribution < 1.29 is 14.2 Å². The number of aromatic nitrogens is 1. The zero-order valence-electron chi connectivity index (χ0n) is 12.0. The summed E-state index contributed by atoms with van der Waals surface area (Å²) in [5, 5.41) is 0. The van der Waals surface area contributed by atoms with Crippen LogP contribution in [0.15, 0.2) is 36.4 Å². The molecule has 3 rings (SSSR count). The van der Waals surface area contributed by atoms with E-state index in [4.69, 9.17) is 19.2 Å². The van der Waals surface area contributed by atoms with Crippen LogP contribution in [0.2, 0.25) is 0 Å². The van der Waals surface area contributed by atoms with Gasteiger partial charge in [-0.25, -0.2) is 0 Å². The predicted molar refractivity (Wildman–Crippen MR) is 83.8 cm³/mol. The van der Waals surface area contributed by atoms with Crippen molar-refractivity contribution in [3.8, 4) is 27.4 Å². The van der Waals surface area contributed by atoms with Gasteiger partial charge in [0.05, 0.1) is 0 Å². The van der Waals surface area contributed by atoms with Gasteiger partial charge in [-0.1, -0.05) is 0 Å². The number of benzene rings is 2. The molecule has 108 valence electrons. The molecule has 0 bridgehead atoms. The monoisotopic (exact) mass is 349 g/mol. The summed E-state index contributed by atoms with van der Waals surface area (Å²) in [7, 11) is 4.98. The zero-order chi connectivity index (χ0) is 14.8. The Bertz CT molecular complexity index is 760. The van der Waals surface area contributed by atoms with Crippen molar-refractivity contribution in [3.63, 3.8) is 0 Å². The first-order chi connectivity index (χ1) is 10.2. The molecular weight excluding hydrogens is 333 g/mol. The molecule has 21 heavy (non-hydrogen) atoms. The van der Waals surface area contributed by atoms with E-state index in [-0.39, 0.29) is 14.5 Å². The Hall–Kier alpha value is -1.97. The topological polar surface area (TPSA) is 40.6 Å². The van der Waals surface area contributed by atoms with Crippen LogP contribution in [0.1, 0.15) is 0 Å². The second-order valence-corrected chi connectivity index (χ2v) is 6.62. The van der Waals surface area contributed by atoms with Crippen LogP contribution in [0.25, 0.3) is 19.9 Å². The molecule has 0 fully saturated rings. The molecule has 0 aliphatic carbocycles. The molecule has 0 spiro atoms. The minimum atomic E-state index is 0.154. The van der Waals surface area contributed by atoms with Gasteiger partial charge >= 0.3 is 129 Å². The molecule has 0 radical (unpaired) electrons. The molecule has 4 nitrogen and oxygen atoms in total. The molecule has 1 heterocycles. The van der Waals surface area contributed by atoms with Gasteiger partial charge in [0.15, 0.2) is 0 Å². The summed E-state index contributed by atoms with van der Waals surface area (Å²) in [6, 6.07) is 11.8. The fourth-order valence-electron chi connectivity index (χ4n) is 2.09. The summed E-state index contributed by atoms with van der Waals surface area (Å²) in [6.45, 7) is 0. The van der Waals surface area contributed by atoms with Crippen molar-refractivity contribution in [2.75, 3.05) is 21.3 Å². The minimum absolute atomic E-state index is 0.154. The van der Waals surface area contributed by atoms with E-state index in [1.807, 2.05) is 30.3 Å². The Labute approximate surface area is 129 Å². The van der Waals surface area contributed by atoms with Crippen LogP contribution in [0.4, 0.5) is 0 Å². The van der Waals surface area contributed by atoms with Crippen molar-refractivity contribution in [2.24, 2.45) is 0 Å². The first-order valence-corrected chi connectivity index (χ1v) is 8.13. The van der Waals surface area contributed by atoms with E-state index in [1.165, 1.54) is 4.26 Å². The van der Waals surface area contributed by atoms with Gasteiger partial charge in [0.1, 0.15) is 0 Å². The normalized spacial score (nSPS) is 10.6. The van der Waals surface area contributed by atoms with E-state index < -0.39 is 0 Å². The molecule has 1 aromatic heterocycles. The zero-order valence-corrected chi connectivity index (χ0v) is 13.8. The number of hydrogen-bond acceptors (Lipinski definition) is 4. The number of rotatable bonds is 4. The van der Waals surface area contributed by atoms with E-state index in [2.05, 4.69) is 6.07 Å². The second-order valence-electron chi connectivity index (χ2n) is 4.45. The Morgan fingerprint density at radius 2 is 1.48 bits per heavy atom. The van der Waals surface area contributed by atoms with Crippen molar-refractivity contribution in [2.45, 2.75) is 0 Å². The van der Waals surface area contributed by atoms with Crippen LogP contribution in [-0.2, 0) is 0 Å². The Balaban J connectivity index is 2.11. The molecule has 0 saturated carbocycles. The van der Waals surface area contributed by atoms with E-state index in [1.54, 1.807) is 21.3 Å². The third-order valence-electron chi connectivity index (χ3n) is 3.19. The van der Waals surface area contributed by atoms with Crippen LogP contribution in [-0.4, -0.2) is 40.8 Å². The fourth-order valence-corrected chi connectivity index (χ4v) is 4.15. The summed E-state index contributed by atoms with van der Waals surface area (Å²) in [5.41, 5.74) is 2.06. The quantitative estimate of drug-likeness (QED) is 0.680. The molecule has 0 amide bonds. The van der Waals surface area contributed by atoms with Crippen LogP contribution in [0.3, 0.4) is 0 Å². The summed E-state index contributed by atoms with van der Waals surface area (Å²) < 4.78 is 18.2. The third-order valence-corrected chi connectivity index (χ3v) is 5.43. The van der Waals surface area contributed by atoms with E-state index in [0.29, 0.717) is 0 Å². The average Bonchev–Trinajstić information content (AvgIpc) is 2.97. The SMILES string of the molecule is COc1cc(OC)cc(-c2nc3ccc(OC)cc3[se]2)c1. The third kappa shape index (κ3) is 2.75. The predicted octanol–water partition coefficient (Wildman–Crippen LogP) is 2.98. The maximum absolute atomic E-state index is 5.32. The van der Waals surface area contributed by atoms with E-state index in [9.17, 15) is 0 Å². The first-order valence-electron chi connectivity index (χ1n) is 6.41. The van der Waals surface area contributed by atoms with Gasteiger partial charge in [0.25, 0.3) is 0 Å². The number of hydrogen-bond donors (Lipinski definition) is 0. The molecule has 2 aromatic carbocycles. The van der Waals surface area contributed by atoms with Crippen LogP contribution in [0, 0.1) is 0 Å². The summed E-state index contributed by atoms with van der Waals surface area (Å²) in [6.07, 6.45) is 0. The molecule has 0 aliphatic rings. The molecule has 0 saturated heterocycles. The van der Waals surface area contributed by atoms with Gasteiger partial charge in [-0.15, -0.1) is 0 Å². The average molecular weight is 348 g/mol. The Morgan fingerprint density at radius 1 is 0.810 bits per heavy atom. The number of ether oxygens (including phenoxy) is 3. The Morgan fingerprint density at radius 3 is 2.10 bits per heavy atom. The molecule has 0 aliphatic heterocycles. The van der Waals surface area contributed by atoms with Crippen molar-refractivity contribution in [3.05, 3.63) is 36.4 Å². The number of fused-ring (bicyclic) bond motifs is 1. The standard InChI is InChI=1S/C16H15NO3Se/c1-18-11-4-5-14-15(9-11)21-16(17-14)10-6-12(19-2)8-13(7-10)20-3/h4-9H,1-3H3. The Kier molecular flexibility index (Phi) is 3.86. The van der Waals surface area contributed by atoms with Gasteiger partial charge in [-0.05, 0) is 0 Å². The number of nitrogens with zero attached hydrogens (tertiary/aromatic N) is 1. The van der Waals surface area contributed by atoms with Crippen LogP contribution < -0.4 is 14.2 Å². The maximum atomic E-state index is 5.32. The van der Waals surface area contributed by atoms with Crippen molar-refractivity contribution in [1.29, 1.82) is 0 Å². The van der Waals surface area contributed by atoms with Crippen molar-refractivity contribution >= 4 is 24.3 Å². The van der Waals surface area contributed by atoms with E-state index in [0.717, 1.165) is 32.9 Å². The summed E-state index contributed by atoms with van der Waals surface area (Å²) in [4.78, 5) is 4.73. The molecule has 0 unspecified atom stereocenters. The van der Waals surface area contributed by atoms with E-state index >= 15 is 0 Å². The van der Waals surface area contributed by atoms with Gasteiger partial charge in [0, 0.05) is 0 Å². The molecular formula is C16H15NO3Se. The number of methoxy groups -OCH3 is 3. The molecule has 0 atom stereocenters. The van der Waals surface area contributed by atoms with Crippen molar-refractivity contribution in [1.82, 2.24) is 4.98 Å². The van der Waals surface area contributed by atoms with Gasteiger partial charge in [-0.3, -0.25) is 0 Å². The fraction of sp³-hybridized carbons (Fsp3) is 0.188. The molecule has 3 aromatic rings. The van der Waals surface area contributed by atoms with Gasteiger partial charge < -0.3 is 0 Å². The summed E-state index contributed by atoms with van der Waals surface area (Å²) >= 11 is 0.154. The van der Waals surface area contributed by atoms with Crippen LogP contribution >= 0.6 is 0 Å². The molecule has 0 N–H and O–H groups in total. The van der Waals surface area contributed by atoms with Gasteiger partial charge in [-0.2, -0.15) is 0 Å². The summed E-state index contributed by atoms with van der Waals surface area (Å²) in [5.74, 6) is 2.42. The second kappa shape index (κ2) is 5.80.